The zero-order valence-electron chi connectivity index (χ0n) is 47.7. The van der Waals surface area contributed by atoms with Gasteiger partial charge in [0.15, 0.2) is 5.78 Å². The number of methoxy groups -OCH3 is 1. The molecule has 6 amide bonds. The van der Waals surface area contributed by atoms with Crippen molar-refractivity contribution in [2.24, 2.45) is 23.1 Å². The quantitative estimate of drug-likeness (QED) is 0.0308. The molecule has 9 N–H and O–H groups in total. The van der Waals surface area contributed by atoms with Crippen LogP contribution in [0.2, 0.25) is 0 Å². The number of rotatable bonds is 24. The number of aryl methyl sites for hydroxylation is 1. The number of thiazole rings is 6. The van der Waals surface area contributed by atoms with Crippen molar-refractivity contribution in [3.8, 4) is 49.1 Å². The second-order valence-electron chi connectivity index (χ2n) is 20.5. The van der Waals surface area contributed by atoms with Crippen LogP contribution in [-0.4, -0.2) is 119 Å². The summed E-state index contributed by atoms with van der Waals surface area (Å²) in [4.78, 5) is 129. The van der Waals surface area contributed by atoms with Gasteiger partial charge in [-0.2, -0.15) is 0 Å². The molecular formula is C59H57N13O10S6. The van der Waals surface area contributed by atoms with E-state index in [-0.39, 0.29) is 71.8 Å². The normalized spacial score (nSPS) is 16.1. The number of amides is 6. The zero-order chi connectivity index (χ0) is 62.5. The first-order valence-corrected chi connectivity index (χ1v) is 32.6. The molecule has 7 aromatic heterocycles. The van der Waals surface area contributed by atoms with Crippen LogP contribution < -0.4 is 32.6 Å². The lowest BCUT2D eigenvalue weighted by Gasteiger charge is -2.29. The van der Waals surface area contributed by atoms with Crippen LogP contribution in [0.4, 0.5) is 4.79 Å². The maximum atomic E-state index is 15.3. The van der Waals surface area contributed by atoms with E-state index in [9.17, 15) is 33.9 Å². The number of nitrogens with two attached hydrogens (primary N) is 3. The number of aliphatic hydroxyl groups excluding tert-OH is 1. The average Bonchev–Trinajstić information content (AvgIpc) is 2.31. The number of pyridine rings is 1. The van der Waals surface area contributed by atoms with E-state index in [1.807, 2.05) is 12.3 Å². The molecule has 8 heterocycles. The number of carbonyl (C=O) groups is 7. The Hall–Kier alpha value is -8.58. The molecule has 0 bridgehead atoms. The Morgan fingerprint density at radius 1 is 0.727 bits per heavy atom. The molecule has 1 aliphatic heterocycles. The Balaban J connectivity index is 0.948. The van der Waals surface area contributed by atoms with Gasteiger partial charge in [-0.3, -0.25) is 28.8 Å². The van der Waals surface area contributed by atoms with E-state index in [0.29, 0.717) is 75.1 Å². The number of hydrogen-bond acceptors (Lipinski definition) is 23. The summed E-state index contributed by atoms with van der Waals surface area (Å²) in [5.41, 5.74) is 20.4. The molecule has 0 aliphatic carbocycles. The maximum absolute atomic E-state index is 15.3. The standard InChI is InChI=1S/C59H57N13O10S6/c1-6-63-59(80)82-48(31-10-8-7-9-11-31)34(20-42(73)45-29(4)88-52(71-45)27(2)18-44(60)75)54-69-40(25-84-54)51(78)65-36(19-30-12-14-32(81-5)15-13-30)58(79)72-21-43(74)28(3)47(72)57-70-41(26-87-57)56-66-37(22-85-56)46-33(53-67-38(23-83-53)49(61)76)16-17-35(64-46)55-68-39(24-86-55)50(62)77/h7-17,22-28,34,36,43,47-48,74H,6,18-21H2,1-5H3,(H2,60,75)(H2,61,76)(H2,62,77)(H,63,80)(H,65,78)/t27-,28-,34-,36-,43-,47-,48+/m0/s1. The molecule has 0 saturated carbocycles. The molecule has 1 fully saturated rings. The van der Waals surface area contributed by atoms with E-state index in [1.54, 1.807) is 104 Å². The van der Waals surface area contributed by atoms with Gasteiger partial charge in [0.2, 0.25) is 11.8 Å². The number of likely N-dealkylation sites (tertiary alicyclic amines) is 1. The predicted octanol–water partition coefficient (Wildman–Crippen LogP) is 8.75. The summed E-state index contributed by atoms with van der Waals surface area (Å²) in [5.74, 6) is -4.70. The van der Waals surface area contributed by atoms with Crippen LogP contribution in [0.5, 0.6) is 5.75 Å². The summed E-state index contributed by atoms with van der Waals surface area (Å²) in [6.45, 7) is 7.31. The first-order chi connectivity index (χ1) is 42.3. The summed E-state index contributed by atoms with van der Waals surface area (Å²) < 4.78 is 11.5. The second-order valence-corrected chi connectivity index (χ2v) is 26.1. The van der Waals surface area contributed by atoms with E-state index >= 15 is 4.79 Å². The van der Waals surface area contributed by atoms with Crippen molar-refractivity contribution >= 4 is 109 Å². The Bertz CT molecular complexity index is 4060. The van der Waals surface area contributed by atoms with Gasteiger partial charge in [0, 0.05) is 81.5 Å². The number of primary amides is 3. The Kier molecular flexibility index (Phi) is 19.3. The molecule has 0 spiro atoms. The van der Waals surface area contributed by atoms with Crippen LogP contribution in [-0.2, 0) is 20.7 Å². The van der Waals surface area contributed by atoms with Gasteiger partial charge < -0.3 is 47.3 Å². The first-order valence-electron chi connectivity index (χ1n) is 27.4. The molecule has 0 unspecified atom stereocenters. The Morgan fingerprint density at radius 3 is 2.08 bits per heavy atom. The third-order valence-electron chi connectivity index (χ3n) is 14.4. The highest BCUT2D eigenvalue weighted by Crippen LogP contribution is 2.44. The minimum atomic E-state index is -1.22. The van der Waals surface area contributed by atoms with Gasteiger partial charge in [0.05, 0.1) is 35.9 Å². The number of ether oxygens (including phenoxy) is 2. The molecule has 9 aromatic rings. The van der Waals surface area contributed by atoms with Crippen LogP contribution in [0, 0.1) is 12.8 Å². The van der Waals surface area contributed by atoms with E-state index < -0.39 is 71.8 Å². The van der Waals surface area contributed by atoms with E-state index in [2.05, 4.69) is 25.6 Å². The lowest BCUT2D eigenvalue weighted by molar-refractivity contribution is -0.134. The van der Waals surface area contributed by atoms with Crippen LogP contribution in [0.1, 0.15) is 131 Å². The van der Waals surface area contributed by atoms with Gasteiger partial charge in [-0.15, -0.1) is 68.0 Å². The highest BCUT2D eigenvalue weighted by molar-refractivity contribution is 7.15. The van der Waals surface area contributed by atoms with Crippen molar-refractivity contribution in [3.63, 3.8) is 0 Å². The van der Waals surface area contributed by atoms with E-state index in [1.165, 1.54) is 74.1 Å². The maximum Gasteiger partial charge on any atom is 0.407 e. The first kappa shape index (κ1) is 62.5. The molecule has 88 heavy (non-hydrogen) atoms. The third-order valence-corrected chi connectivity index (χ3v) is 20.1. The molecule has 29 heteroatoms. The third kappa shape index (κ3) is 13.9. The van der Waals surface area contributed by atoms with Crippen molar-refractivity contribution in [3.05, 3.63) is 147 Å². The molecule has 7 atom stereocenters. The summed E-state index contributed by atoms with van der Waals surface area (Å²) >= 11 is 7.34. The minimum absolute atomic E-state index is 0.0157. The van der Waals surface area contributed by atoms with Crippen LogP contribution in [0.15, 0.2) is 93.6 Å². The highest BCUT2D eigenvalue weighted by atomic mass is 32.1. The number of alkyl carbamates (subject to hydrolysis) is 1. The fourth-order valence-electron chi connectivity index (χ4n) is 9.96. The molecular weight excluding hydrogens is 1240 g/mol. The summed E-state index contributed by atoms with van der Waals surface area (Å²) in [5, 5.41) is 28.2. The number of ketones is 1. The molecule has 1 aliphatic rings. The lowest BCUT2D eigenvalue weighted by atomic mass is 9.90. The molecule has 10 rings (SSSR count). The van der Waals surface area contributed by atoms with Crippen LogP contribution in [0.3, 0.4) is 0 Å². The van der Waals surface area contributed by atoms with Crippen LogP contribution in [0.25, 0.3) is 43.4 Å². The van der Waals surface area contributed by atoms with Gasteiger partial charge in [-0.05, 0) is 49.2 Å². The van der Waals surface area contributed by atoms with Crippen molar-refractivity contribution in [2.45, 2.75) is 83.1 Å². The van der Waals surface area contributed by atoms with Crippen molar-refractivity contribution < 1.29 is 48.1 Å². The SMILES string of the molecule is CCNC(=O)O[C@H](c1ccccc1)[C@H](CC(=O)c1nc([C@@H](C)CC(N)=O)sc1C)c1nc(C(=O)N[C@@H](Cc2ccc(OC)cc2)C(=O)N2C[C@H](O)[C@H](C)[C@H]2c2nc(-c3nc(-c4nc(-c5nc(C(N)=O)cs5)ccc4-c4nc(C(N)=O)cs4)cs3)cs2)cs1. The van der Waals surface area contributed by atoms with Gasteiger partial charge in [-0.1, -0.05) is 56.3 Å². The number of aliphatic hydroxyl groups is 1. The summed E-state index contributed by atoms with van der Waals surface area (Å²) in [6, 6.07) is 17.5. The fraction of sp³-hybridized carbons (Fsp3) is 0.288. The van der Waals surface area contributed by atoms with Crippen LogP contribution >= 0.6 is 68.0 Å². The van der Waals surface area contributed by atoms with Gasteiger partial charge in [-0.25, -0.2) is 39.7 Å². The minimum Gasteiger partial charge on any atom is -0.497 e. The van der Waals surface area contributed by atoms with E-state index in [4.69, 9.17) is 46.6 Å². The monoisotopic (exact) mass is 1300 g/mol. The molecule has 454 valence electrons. The van der Waals surface area contributed by atoms with Crippen molar-refractivity contribution in [1.29, 1.82) is 0 Å². The Labute approximate surface area is 527 Å². The predicted molar refractivity (Wildman–Crippen MR) is 336 cm³/mol. The number of nitrogens with zero attached hydrogens (tertiary/aromatic N) is 8. The van der Waals surface area contributed by atoms with Crippen molar-refractivity contribution in [1.82, 2.24) is 50.4 Å². The number of hydrogen-bond donors (Lipinski definition) is 6. The second kappa shape index (κ2) is 27.2. The molecule has 0 radical (unpaired) electrons. The number of benzene rings is 2. The zero-order valence-corrected chi connectivity index (χ0v) is 52.6. The highest BCUT2D eigenvalue weighted by Gasteiger charge is 2.46. The summed E-state index contributed by atoms with van der Waals surface area (Å²) in [6.07, 6.45) is -2.99. The molecule has 1 saturated heterocycles. The number of Topliss-reactive ketones (excluding diaryl/α,β-unsaturated/α-hetero) is 1. The molecule has 23 nitrogen and oxygen atoms in total. The number of aromatic nitrogens is 7. The number of carbonyl (C=O) groups excluding carboxylic acids is 7. The van der Waals surface area contributed by atoms with Gasteiger partial charge in [0.1, 0.15) is 82.8 Å². The number of nitrogens with one attached hydrogen (secondary N) is 2. The van der Waals surface area contributed by atoms with Gasteiger partial charge >= 0.3 is 6.09 Å². The fourth-order valence-corrected chi connectivity index (χ4v) is 15.4. The van der Waals surface area contributed by atoms with Gasteiger partial charge in [0.25, 0.3) is 17.7 Å². The average molecular weight is 1300 g/mol. The van der Waals surface area contributed by atoms with Crippen molar-refractivity contribution in [2.75, 3.05) is 20.2 Å². The molecule has 2 aromatic carbocycles. The smallest absolute Gasteiger partial charge is 0.407 e. The summed E-state index contributed by atoms with van der Waals surface area (Å²) in [7, 11) is 1.54. The Morgan fingerprint density at radius 2 is 1.40 bits per heavy atom. The topological polar surface area (TPSA) is 354 Å². The number of β-amino-alcohol motifs (C(OH)–C–C–N with tert-alkyl or cyclic N) is 1. The lowest BCUT2D eigenvalue weighted by Crippen LogP contribution is -2.50. The largest absolute Gasteiger partial charge is 0.497 e. The van der Waals surface area contributed by atoms with E-state index in [0.717, 1.165) is 11.3 Å².